The van der Waals surface area contributed by atoms with E-state index in [2.05, 4.69) is 5.32 Å². The summed E-state index contributed by atoms with van der Waals surface area (Å²) in [6, 6.07) is 0. The highest BCUT2D eigenvalue weighted by molar-refractivity contribution is 5.70. The Hall–Kier alpha value is -0.850. The fraction of sp³-hybridized carbons (Fsp3) is 0.889. The van der Waals surface area contributed by atoms with Crippen molar-refractivity contribution in [1.82, 2.24) is 5.32 Å². The normalized spacial score (nSPS) is 46.7. The Morgan fingerprint density at radius 3 is 3.00 bits per heavy atom. The summed E-state index contributed by atoms with van der Waals surface area (Å²) in [5.74, 6) is -0.644. The largest absolute Gasteiger partial charge is 0.438 e. The molecule has 0 radical (unpaired) electrons. The summed E-state index contributed by atoms with van der Waals surface area (Å²) < 4.78 is 21.8. The zero-order valence-electron chi connectivity index (χ0n) is 8.56. The maximum absolute atomic E-state index is 11.0. The monoisotopic (exact) mass is 215 g/mol. The van der Waals surface area contributed by atoms with Crippen LogP contribution in [0, 0.1) is 0 Å². The molecule has 0 bridgehead atoms. The van der Waals surface area contributed by atoms with Gasteiger partial charge in [-0.3, -0.25) is 5.32 Å². The highest BCUT2D eigenvalue weighted by Gasteiger charge is 2.56. The van der Waals surface area contributed by atoms with Crippen LogP contribution in [0.25, 0.3) is 0 Å². The highest BCUT2D eigenvalue weighted by Crippen LogP contribution is 2.35. The molecule has 1 N–H and O–H groups in total. The van der Waals surface area contributed by atoms with Gasteiger partial charge in [0.15, 0.2) is 18.1 Å². The second-order valence-electron chi connectivity index (χ2n) is 4.40. The Morgan fingerprint density at radius 2 is 2.20 bits per heavy atom. The number of rotatable bonds is 0. The van der Waals surface area contributed by atoms with Crippen LogP contribution in [0.5, 0.6) is 0 Å². The van der Waals surface area contributed by atoms with Crippen molar-refractivity contribution in [2.45, 2.75) is 44.2 Å². The van der Waals surface area contributed by atoms with Gasteiger partial charge in [-0.15, -0.1) is 0 Å². The summed E-state index contributed by atoms with van der Waals surface area (Å²) in [4.78, 5) is 11.0. The topological polar surface area (TPSA) is 66.0 Å². The molecule has 3 fully saturated rings. The number of carbonyl (C=O) groups excluding carboxylic acids is 1. The highest BCUT2D eigenvalue weighted by atomic mass is 16.8. The van der Waals surface area contributed by atoms with Gasteiger partial charge in [-0.05, 0) is 13.8 Å². The van der Waals surface area contributed by atoms with Gasteiger partial charge in [0.25, 0.3) is 0 Å². The van der Waals surface area contributed by atoms with E-state index < -0.39 is 18.1 Å². The maximum Gasteiger partial charge on any atom is 0.409 e. The van der Waals surface area contributed by atoms with Gasteiger partial charge in [-0.2, -0.15) is 0 Å². The number of carbonyl (C=O) groups is 1. The molecule has 1 amide bonds. The minimum Gasteiger partial charge on any atom is -0.438 e. The Balaban J connectivity index is 1.80. The number of amides is 1. The van der Waals surface area contributed by atoms with E-state index in [1.165, 1.54) is 0 Å². The first-order valence-corrected chi connectivity index (χ1v) is 4.99. The molecule has 3 aliphatic rings. The molecule has 84 valence electrons. The summed E-state index contributed by atoms with van der Waals surface area (Å²) in [7, 11) is 0. The lowest BCUT2D eigenvalue weighted by Crippen LogP contribution is -2.50. The standard InChI is InChI=1S/C9H13NO5/c1-9(2)12-3-4-5(15-9)6-7(13-4)10-8(11)14-6/h4-7H,3H2,1-2H3,(H,10,11)/t4-,5+,6-,7+/m1/s1. The molecule has 0 spiro atoms. The third kappa shape index (κ3) is 1.40. The number of alkyl carbamates (subject to hydrolysis) is 1. The minimum atomic E-state index is -0.644. The summed E-state index contributed by atoms with van der Waals surface area (Å²) in [6.45, 7) is 4.13. The Labute approximate surface area is 86.8 Å². The molecule has 6 nitrogen and oxygen atoms in total. The lowest BCUT2D eigenvalue weighted by Gasteiger charge is -2.37. The van der Waals surface area contributed by atoms with Crippen LogP contribution in [-0.4, -0.2) is 43.0 Å². The van der Waals surface area contributed by atoms with Gasteiger partial charge in [0.1, 0.15) is 12.2 Å². The number of hydrogen-bond donors (Lipinski definition) is 1. The summed E-state index contributed by atoms with van der Waals surface area (Å²) in [5.41, 5.74) is 0. The van der Waals surface area contributed by atoms with Crippen molar-refractivity contribution in [3.63, 3.8) is 0 Å². The molecule has 0 aromatic rings. The molecule has 0 unspecified atom stereocenters. The van der Waals surface area contributed by atoms with Crippen LogP contribution in [0.4, 0.5) is 4.79 Å². The molecule has 15 heavy (non-hydrogen) atoms. The molecule has 3 rings (SSSR count). The van der Waals surface area contributed by atoms with E-state index in [1.807, 2.05) is 13.8 Å². The Bertz CT molecular complexity index is 305. The SMILES string of the molecule is CC1(C)OC[C@H]2O[C@@H]3NC(=O)O[C@@H]3[C@H]2O1. The average Bonchev–Trinajstić information content (AvgIpc) is 2.61. The zero-order valence-corrected chi connectivity index (χ0v) is 8.56. The van der Waals surface area contributed by atoms with Crippen LogP contribution in [0.1, 0.15) is 13.8 Å². The van der Waals surface area contributed by atoms with Crippen molar-refractivity contribution in [3.05, 3.63) is 0 Å². The van der Waals surface area contributed by atoms with Gasteiger partial charge < -0.3 is 18.9 Å². The minimum absolute atomic E-state index is 0.159. The molecule has 0 aliphatic carbocycles. The number of nitrogens with one attached hydrogen (secondary N) is 1. The predicted molar refractivity (Wildman–Crippen MR) is 47.0 cm³/mol. The van der Waals surface area contributed by atoms with Crippen molar-refractivity contribution in [3.8, 4) is 0 Å². The lowest BCUT2D eigenvalue weighted by molar-refractivity contribution is -0.300. The van der Waals surface area contributed by atoms with Gasteiger partial charge in [0.2, 0.25) is 0 Å². The van der Waals surface area contributed by atoms with Crippen LogP contribution >= 0.6 is 0 Å². The van der Waals surface area contributed by atoms with Crippen molar-refractivity contribution >= 4 is 6.09 Å². The number of ether oxygens (including phenoxy) is 4. The first-order valence-electron chi connectivity index (χ1n) is 4.99. The summed E-state index contributed by atoms with van der Waals surface area (Å²) in [5, 5.41) is 2.58. The Morgan fingerprint density at radius 1 is 1.40 bits per heavy atom. The molecule has 6 heteroatoms. The smallest absolute Gasteiger partial charge is 0.409 e. The fourth-order valence-corrected chi connectivity index (χ4v) is 2.17. The van der Waals surface area contributed by atoms with Gasteiger partial charge in [-0.25, -0.2) is 4.79 Å². The predicted octanol–water partition coefficient (Wildman–Crippen LogP) is -0.0288. The van der Waals surface area contributed by atoms with Crippen LogP contribution in [0.2, 0.25) is 0 Å². The first-order chi connectivity index (χ1) is 7.05. The van der Waals surface area contributed by atoms with Crippen LogP contribution < -0.4 is 5.32 Å². The molecule has 3 saturated heterocycles. The van der Waals surface area contributed by atoms with E-state index in [0.717, 1.165) is 0 Å². The second-order valence-corrected chi connectivity index (χ2v) is 4.40. The third-order valence-corrected chi connectivity index (χ3v) is 2.83. The van der Waals surface area contributed by atoms with Crippen molar-refractivity contribution in [2.24, 2.45) is 0 Å². The van der Waals surface area contributed by atoms with Crippen molar-refractivity contribution in [1.29, 1.82) is 0 Å². The molecule has 3 heterocycles. The fourth-order valence-electron chi connectivity index (χ4n) is 2.17. The van der Waals surface area contributed by atoms with Crippen LogP contribution in [0.15, 0.2) is 0 Å². The molecule has 0 aromatic carbocycles. The van der Waals surface area contributed by atoms with E-state index in [4.69, 9.17) is 18.9 Å². The summed E-state index contributed by atoms with van der Waals surface area (Å²) in [6.07, 6.45) is -1.60. The third-order valence-electron chi connectivity index (χ3n) is 2.83. The maximum atomic E-state index is 11.0. The van der Waals surface area contributed by atoms with E-state index in [1.54, 1.807) is 0 Å². The van der Waals surface area contributed by atoms with Gasteiger partial charge in [0, 0.05) is 0 Å². The second kappa shape index (κ2) is 2.84. The van der Waals surface area contributed by atoms with Crippen LogP contribution in [-0.2, 0) is 18.9 Å². The van der Waals surface area contributed by atoms with E-state index >= 15 is 0 Å². The van der Waals surface area contributed by atoms with Crippen LogP contribution in [0.3, 0.4) is 0 Å². The quantitative estimate of drug-likeness (QED) is 0.614. The number of fused-ring (bicyclic) bond motifs is 3. The molecule has 4 atom stereocenters. The van der Waals surface area contributed by atoms with Gasteiger partial charge >= 0.3 is 6.09 Å². The van der Waals surface area contributed by atoms with Gasteiger partial charge in [0.05, 0.1) is 6.61 Å². The van der Waals surface area contributed by atoms with E-state index in [-0.39, 0.29) is 18.3 Å². The molecule has 3 aliphatic heterocycles. The molecule has 0 saturated carbocycles. The van der Waals surface area contributed by atoms with Gasteiger partial charge in [-0.1, -0.05) is 0 Å². The lowest BCUT2D eigenvalue weighted by atomic mass is 10.1. The first kappa shape index (κ1) is 9.38. The molecule has 0 aromatic heterocycles. The van der Waals surface area contributed by atoms with E-state index in [9.17, 15) is 4.79 Å². The molecular formula is C9H13NO5. The van der Waals surface area contributed by atoms with Crippen molar-refractivity contribution in [2.75, 3.05) is 6.61 Å². The zero-order chi connectivity index (χ0) is 10.6. The van der Waals surface area contributed by atoms with E-state index in [0.29, 0.717) is 6.61 Å². The van der Waals surface area contributed by atoms with Crippen molar-refractivity contribution < 1.29 is 23.7 Å². The summed E-state index contributed by atoms with van der Waals surface area (Å²) >= 11 is 0. The Kier molecular flexibility index (Phi) is 1.78. The average molecular weight is 215 g/mol. The number of hydrogen-bond acceptors (Lipinski definition) is 5. The molecular weight excluding hydrogens is 202 g/mol.